The van der Waals surface area contributed by atoms with Gasteiger partial charge in [0.2, 0.25) is 5.91 Å². The first kappa shape index (κ1) is 19.9. The largest absolute Gasteiger partial charge is 0.344 e. The molecule has 1 N–H and O–H groups in total. The van der Waals surface area contributed by atoms with Gasteiger partial charge in [0.15, 0.2) is 5.11 Å². The molecule has 0 fully saturated rings. The lowest BCUT2D eigenvalue weighted by molar-refractivity contribution is -0.119. The molecule has 0 radical (unpaired) electrons. The maximum atomic E-state index is 12.2. The second kappa shape index (κ2) is 10.5. The van der Waals surface area contributed by atoms with Crippen molar-refractivity contribution >= 4 is 34.8 Å². The van der Waals surface area contributed by atoms with E-state index in [0.717, 1.165) is 11.1 Å². The van der Waals surface area contributed by atoms with Crippen molar-refractivity contribution < 1.29 is 4.79 Å². The molecule has 0 saturated heterocycles. The molecule has 0 atom stereocenters. The standard InChI is InChI=1S/C20H20ClN3OS/c21-18-10-5-4-9-17(18)11-12-19(25)23-20(26)24(14-6-13-22)15-16-7-2-1-3-8-16/h1-5,7-10H,6,11-12,14-15H2,(H,23,25,26). The Morgan fingerprint density at radius 2 is 1.85 bits per heavy atom. The van der Waals surface area contributed by atoms with Crippen molar-refractivity contribution in [1.82, 2.24) is 10.2 Å². The van der Waals surface area contributed by atoms with E-state index in [0.29, 0.717) is 42.5 Å². The minimum Gasteiger partial charge on any atom is -0.344 e. The highest BCUT2D eigenvalue weighted by Crippen LogP contribution is 2.16. The summed E-state index contributed by atoms with van der Waals surface area (Å²) in [5, 5.41) is 12.6. The van der Waals surface area contributed by atoms with Gasteiger partial charge in [-0.05, 0) is 35.8 Å². The van der Waals surface area contributed by atoms with Crippen LogP contribution >= 0.6 is 23.8 Å². The Hall–Kier alpha value is -2.42. The maximum Gasteiger partial charge on any atom is 0.226 e. The van der Waals surface area contributed by atoms with Crippen LogP contribution in [0.25, 0.3) is 0 Å². The summed E-state index contributed by atoms with van der Waals surface area (Å²) < 4.78 is 0. The van der Waals surface area contributed by atoms with Gasteiger partial charge < -0.3 is 10.2 Å². The van der Waals surface area contributed by atoms with Crippen molar-refractivity contribution in [2.45, 2.75) is 25.8 Å². The molecule has 1 amide bonds. The third kappa shape index (κ3) is 6.47. The lowest BCUT2D eigenvalue weighted by Crippen LogP contribution is -2.42. The van der Waals surface area contributed by atoms with E-state index in [-0.39, 0.29) is 5.91 Å². The lowest BCUT2D eigenvalue weighted by Gasteiger charge is -2.24. The minimum atomic E-state index is -0.162. The monoisotopic (exact) mass is 385 g/mol. The number of nitrogens with one attached hydrogen (secondary N) is 1. The quantitative estimate of drug-likeness (QED) is 0.729. The zero-order chi connectivity index (χ0) is 18.8. The number of aryl methyl sites for hydroxylation is 1. The molecule has 6 heteroatoms. The summed E-state index contributed by atoms with van der Waals surface area (Å²) in [5.74, 6) is -0.162. The summed E-state index contributed by atoms with van der Waals surface area (Å²) >= 11 is 11.5. The smallest absolute Gasteiger partial charge is 0.226 e. The van der Waals surface area contributed by atoms with E-state index in [4.69, 9.17) is 29.1 Å². The van der Waals surface area contributed by atoms with Crippen molar-refractivity contribution in [3.05, 3.63) is 70.7 Å². The highest BCUT2D eigenvalue weighted by molar-refractivity contribution is 7.80. The number of thiocarbonyl (C=S) groups is 1. The van der Waals surface area contributed by atoms with Crippen molar-refractivity contribution in [3.8, 4) is 6.07 Å². The van der Waals surface area contributed by atoms with Crippen LogP contribution < -0.4 is 5.32 Å². The van der Waals surface area contributed by atoms with Crippen LogP contribution in [0.5, 0.6) is 0 Å². The molecule has 26 heavy (non-hydrogen) atoms. The van der Waals surface area contributed by atoms with Crippen LogP contribution in [0.4, 0.5) is 0 Å². The van der Waals surface area contributed by atoms with Gasteiger partial charge in [0, 0.05) is 24.5 Å². The van der Waals surface area contributed by atoms with Crippen molar-refractivity contribution in [2.75, 3.05) is 6.54 Å². The van der Waals surface area contributed by atoms with Crippen LogP contribution in [0.1, 0.15) is 24.0 Å². The Balaban J connectivity index is 1.91. The number of nitriles is 1. The van der Waals surface area contributed by atoms with E-state index in [9.17, 15) is 4.79 Å². The first-order valence-electron chi connectivity index (χ1n) is 8.33. The molecule has 2 aromatic carbocycles. The highest BCUT2D eigenvalue weighted by atomic mass is 35.5. The molecule has 134 valence electrons. The van der Waals surface area contributed by atoms with E-state index in [1.165, 1.54) is 0 Å². The number of hydrogen-bond acceptors (Lipinski definition) is 3. The summed E-state index contributed by atoms with van der Waals surface area (Å²) in [6.07, 6.45) is 1.18. The zero-order valence-electron chi connectivity index (χ0n) is 14.3. The number of benzene rings is 2. The van der Waals surface area contributed by atoms with Gasteiger partial charge in [-0.1, -0.05) is 60.1 Å². The van der Waals surface area contributed by atoms with E-state index < -0.39 is 0 Å². The molecule has 0 spiro atoms. The topological polar surface area (TPSA) is 56.1 Å². The second-order valence-corrected chi connectivity index (χ2v) is 6.55. The SMILES string of the molecule is N#CCCN(Cc1ccccc1)C(=S)NC(=O)CCc1ccccc1Cl. The number of halogens is 1. The molecule has 0 aliphatic carbocycles. The summed E-state index contributed by atoms with van der Waals surface area (Å²) in [5.41, 5.74) is 2.00. The number of rotatable bonds is 7. The normalized spacial score (nSPS) is 10.0. The fraction of sp³-hybridized carbons (Fsp3) is 0.250. The minimum absolute atomic E-state index is 0.162. The molecule has 0 aliphatic rings. The summed E-state index contributed by atoms with van der Waals surface area (Å²) in [6, 6.07) is 19.4. The van der Waals surface area contributed by atoms with Crippen LogP contribution in [0.3, 0.4) is 0 Å². The molecular formula is C20H20ClN3OS. The van der Waals surface area contributed by atoms with Gasteiger partial charge in [-0.25, -0.2) is 0 Å². The highest BCUT2D eigenvalue weighted by Gasteiger charge is 2.13. The zero-order valence-corrected chi connectivity index (χ0v) is 15.9. The third-order valence-corrected chi connectivity index (χ3v) is 4.55. The van der Waals surface area contributed by atoms with Gasteiger partial charge in [0.1, 0.15) is 0 Å². The molecule has 0 saturated carbocycles. The average molecular weight is 386 g/mol. The number of nitrogens with zero attached hydrogens (tertiary/aromatic N) is 2. The van der Waals surface area contributed by atoms with E-state index in [1.807, 2.05) is 59.5 Å². The first-order chi connectivity index (χ1) is 12.6. The summed E-state index contributed by atoms with van der Waals surface area (Å²) in [4.78, 5) is 14.1. The number of amides is 1. The molecule has 4 nitrogen and oxygen atoms in total. The van der Waals surface area contributed by atoms with Gasteiger partial charge in [-0.15, -0.1) is 0 Å². The number of hydrogen-bond donors (Lipinski definition) is 1. The lowest BCUT2D eigenvalue weighted by atomic mass is 10.1. The van der Waals surface area contributed by atoms with Crippen LogP contribution in [-0.2, 0) is 17.8 Å². The van der Waals surface area contributed by atoms with E-state index >= 15 is 0 Å². The average Bonchev–Trinajstić information content (AvgIpc) is 2.65. The van der Waals surface area contributed by atoms with Crippen LogP contribution in [0, 0.1) is 11.3 Å². The van der Waals surface area contributed by atoms with Gasteiger partial charge >= 0.3 is 0 Å². The van der Waals surface area contributed by atoms with E-state index in [2.05, 4.69) is 11.4 Å². The molecule has 2 aromatic rings. The fourth-order valence-electron chi connectivity index (χ4n) is 2.45. The number of carbonyl (C=O) groups is 1. The molecule has 0 aliphatic heterocycles. The molecular weight excluding hydrogens is 366 g/mol. The first-order valence-corrected chi connectivity index (χ1v) is 9.12. The third-order valence-electron chi connectivity index (χ3n) is 3.82. The molecule has 0 heterocycles. The van der Waals surface area contributed by atoms with Gasteiger partial charge in [-0.3, -0.25) is 4.79 Å². The molecule has 2 rings (SSSR count). The predicted molar refractivity (Wildman–Crippen MR) is 108 cm³/mol. The molecule has 0 bridgehead atoms. The predicted octanol–water partition coefficient (Wildman–Crippen LogP) is 4.09. The van der Waals surface area contributed by atoms with Crippen molar-refractivity contribution in [2.24, 2.45) is 0 Å². The molecule has 0 aromatic heterocycles. The van der Waals surface area contributed by atoms with Crippen molar-refractivity contribution in [1.29, 1.82) is 5.26 Å². The van der Waals surface area contributed by atoms with Gasteiger partial charge in [-0.2, -0.15) is 5.26 Å². The Labute approximate surface area is 164 Å². The van der Waals surface area contributed by atoms with E-state index in [1.54, 1.807) is 0 Å². The summed E-state index contributed by atoms with van der Waals surface area (Å²) in [7, 11) is 0. The maximum absolute atomic E-state index is 12.2. The van der Waals surface area contributed by atoms with Gasteiger partial charge in [0.05, 0.1) is 12.5 Å². The van der Waals surface area contributed by atoms with Gasteiger partial charge in [0.25, 0.3) is 0 Å². The Kier molecular flexibility index (Phi) is 8.07. The molecule has 0 unspecified atom stereocenters. The van der Waals surface area contributed by atoms with Crippen LogP contribution in [0.15, 0.2) is 54.6 Å². The Bertz CT molecular complexity index is 789. The van der Waals surface area contributed by atoms with Crippen molar-refractivity contribution in [3.63, 3.8) is 0 Å². The second-order valence-electron chi connectivity index (χ2n) is 5.76. The van der Waals surface area contributed by atoms with Crippen LogP contribution in [-0.4, -0.2) is 22.5 Å². The number of carbonyl (C=O) groups excluding carboxylic acids is 1. The Morgan fingerprint density at radius 1 is 1.15 bits per heavy atom. The fourth-order valence-corrected chi connectivity index (χ4v) is 2.95. The summed E-state index contributed by atoms with van der Waals surface area (Å²) in [6.45, 7) is 1.02. The Morgan fingerprint density at radius 3 is 2.54 bits per heavy atom. The van der Waals surface area contributed by atoms with Crippen LogP contribution in [0.2, 0.25) is 5.02 Å².